The SMILES string of the molecule is CCCC1(C(=O)Nc2cc(Br)ccc2C(=O)O)CCNC1. The smallest absolute Gasteiger partial charge is 0.337 e. The van der Waals surface area contributed by atoms with Crippen molar-refractivity contribution in [1.82, 2.24) is 5.32 Å². The summed E-state index contributed by atoms with van der Waals surface area (Å²) in [4.78, 5) is 23.9. The topological polar surface area (TPSA) is 78.4 Å². The Balaban J connectivity index is 2.26. The Morgan fingerprint density at radius 3 is 2.81 bits per heavy atom. The van der Waals surface area contributed by atoms with Gasteiger partial charge in [-0.05, 0) is 37.6 Å². The van der Waals surface area contributed by atoms with E-state index in [-0.39, 0.29) is 11.5 Å². The molecule has 0 aliphatic carbocycles. The van der Waals surface area contributed by atoms with Gasteiger partial charge in [-0.3, -0.25) is 4.79 Å². The molecule has 0 aromatic heterocycles. The molecule has 1 aromatic carbocycles. The number of hydrogen-bond donors (Lipinski definition) is 3. The second-order valence-corrected chi connectivity index (χ2v) is 6.32. The van der Waals surface area contributed by atoms with Crippen molar-refractivity contribution in [3.8, 4) is 0 Å². The van der Waals surface area contributed by atoms with Crippen LogP contribution < -0.4 is 10.6 Å². The Bertz CT molecular complexity index is 554. The van der Waals surface area contributed by atoms with Crippen molar-refractivity contribution in [2.75, 3.05) is 18.4 Å². The average Bonchev–Trinajstić information content (AvgIpc) is 2.88. The summed E-state index contributed by atoms with van der Waals surface area (Å²) in [5.74, 6) is -1.15. The van der Waals surface area contributed by atoms with Gasteiger partial charge in [0, 0.05) is 11.0 Å². The first-order chi connectivity index (χ1) is 9.98. The van der Waals surface area contributed by atoms with Gasteiger partial charge in [0.1, 0.15) is 0 Å². The third kappa shape index (κ3) is 3.44. The van der Waals surface area contributed by atoms with Crippen LogP contribution in [0.4, 0.5) is 5.69 Å². The Morgan fingerprint density at radius 1 is 1.48 bits per heavy atom. The molecule has 1 aliphatic heterocycles. The highest BCUT2D eigenvalue weighted by molar-refractivity contribution is 9.10. The quantitative estimate of drug-likeness (QED) is 0.759. The highest BCUT2D eigenvalue weighted by Gasteiger charge is 2.40. The number of rotatable bonds is 5. The van der Waals surface area contributed by atoms with Gasteiger partial charge in [0.2, 0.25) is 5.91 Å². The lowest BCUT2D eigenvalue weighted by Gasteiger charge is -2.26. The Labute approximate surface area is 132 Å². The summed E-state index contributed by atoms with van der Waals surface area (Å²) in [6.45, 7) is 3.51. The largest absolute Gasteiger partial charge is 0.478 e. The van der Waals surface area contributed by atoms with Crippen molar-refractivity contribution in [3.63, 3.8) is 0 Å². The number of carboxylic acids is 1. The van der Waals surface area contributed by atoms with Gasteiger partial charge in [0.05, 0.1) is 16.7 Å². The average molecular weight is 355 g/mol. The van der Waals surface area contributed by atoms with Crippen LogP contribution in [0.1, 0.15) is 36.5 Å². The number of benzene rings is 1. The number of amides is 1. The number of carbonyl (C=O) groups is 2. The molecule has 1 unspecified atom stereocenters. The molecule has 3 N–H and O–H groups in total. The van der Waals surface area contributed by atoms with E-state index in [1.54, 1.807) is 12.1 Å². The van der Waals surface area contributed by atoms with E-state index in [0.29, 0.717) is 12.2 Å². The van der Waals surface area contributed by atoms with E-state index >= 15 is 0 Å². The second kappa shape index (κ2) is 6.58. The minimum atomic E-state index is -1.05. The van der Waals surface area contributed by atoms with Gasteiger partial charge in [0.25, 0.3) is 0 Å². The van der Waals surface area contributed by atoms with Gasteiger partial charge in [-0.2, -0.15) is 0 Å². The van der Waals surface area contributed by atoms with E-state index in [1.807, 2.05) is 0 Å². The van der Waals surface area contributed by atoms with E-state index in [4.69, 9.17) is 0 Å². The molecule has 21 heavy (non-hydrogen) atoms. The fourth-order valence-corrected chi connectivity index (χ4v) is 3.17. The Morgan fingerprint density at radius 2 is 2.24 bits per heavy atom. The molecule has 6 heteroatoms. The molecule has 1 aromatic rings. The van der Waals surface area contributed by atoms with Crippen LogP contribution in [0.25, 0.3) is 0 Å². The van der Waals surface area contributed by atoms with Gasteiger partial charge in [0.15, 0.2) is 0 Å². The van der Waals surface area contributed by atoms with Gasteiger partial charge < -0.3 is 15.7 Å². The van der Waals surface area contributed by atoms with Gasteiger partial charge >= 0.3 is 5.97 Å². The van der Waals surface area contributed by atoms with E-state index in [0.717, 1.165) is 30.3 Å². The molecule has 1 amide bonds. The second-order valence-electron chi connectivity index (χ2n) is 5.41. The monoisotopic (exact) mass is 354 g/mol. The zero-order chi connectivity index (χ0) is 15.5. The number of carboxylic acid groups (broad SMARTS) is 1. The van der Waals surface area contributed by atoms with Crippen LogP contribution in [-0.4, -0.2) is 30.1 Å². The highest BCUT2D eigenvalue weighted by Crippen LogP contribution is 2.33. The number of carbonyl (C=O) groups excluding carboxylic acids is 1. The number of aromatic carboxylic acids is 1. The van der Waals surface area contributed by atoms with Crippen LogP contribution in [0.15, 0.2) is 22.7 Å². The van der Waals surface area contributed by atoms with Crippen LogP contribution in [0.5, 0.6) is 0 Å². The molecular weight excluding hydrogens is 336 g/mol. The van der Waals surface area contributed by atoms with Crippen molar-refractivity contribution in [2.24, 2.45) is 5.41 Å². The van der Waals surface area contributed by atoms with Crippen LogP contribution >= 0.6 is 15.9 Å². The Hall–Kier alpha value is -1.40. The fraction of sp³-hybridized carbons (Fsp3) is 0.467. The van der Waals surface area contributed by atoms with E-state index in [2.05, 4.69) is 33.5 Å². The van der Waals surface area contributed by atoms with Crippen molar-refractivity contribution >= 4 is 33.5 Å². The minimum Gasteiger partial charge on any atom is -0.478 e. The normalized spacial score (nSPS) is 21.2. The molecular formula is C15H19BrN2O3. The molecule has 5 nitrogen and oxygen atoms in total. The van der Waals surface area contributed by atoms with Crippen LogP contribution in [-0.2, 0) is 4.79 Å². The third-order valence-electron chi connectivity index (χ3n) is 3.91. The van der Waals surface area contributed by atoms with E-state index in [9.17, 15) is 14.7 Å². The summed E-state index contributed by atoms with van der Waals surface area (Å²) in [6, 6.07) is 4.77. The lowest BCUT2D eigenvalue weighted by molar-refractivity contribution is -0.125. The summed E-state index contributed by atoms with van der Waals surface area (Å²) < 4.78 is 0.733. The summed E-state index contributed by atoms with van der Waals surface area (Å²) >= 11 is 3.31. The lowest BCUT2D eigenvalue weighted by Crippen LogP contribution is -2.38. The number of anilines is 1. The number of halogens is 1. The predicted molar refractivity (Wildman–Crippen MR) is 84.6 cm³/mol. The molecule has 0 bridgehead atoms. The Kier molecular flexibility index (Phi) is 5.00. The predicted octanol–water partition coefficient (Wildman–Crippen LogP) is 2.87. The molecule has 114 valence electrons. The molecule has 1 fully saturated rings. The molecule has 1 heterocycles. The fourth-order valence-electron chi connectivity index (χ4n) is 2.80. The van der Waals surface area contributed by atoms with Gasteiger partial charge in [-0.1, -0.05) is 29.3 Å². The van der Waals surface area contributed by atoms with Crippen molar-refractivity contribution in [3.05, 3.63) is 28.2 Å². The molecule has 0 radical (unpaired) electrons. The standard InChI is InChI=1S/C15H19BrN2O3/c1-2-5-15(6-7-17-9-15)14(21)18-12-8-10(16)3-4-11(12)13(19)20/h3-4,8,17H,2,5-7,9H2,1H3,(H,18,21)(H,19,20). The molecule has 1 aliphatic rings. The highest BCUT2D eigenvalue weighted by atomic mass is 79.9. The summed E-state index contributed by atoms with van der Waals surface area (Å²) in [7, 11) is 0. The van der Waals surface area contributed by atoms with Crippen LogP contribution in [0, 0.1) is 5.41 Å². The molecule has 1 atom stereocenters. The maximum atomic E-state index is 12.7. The van der Waals surface area contributed by atoms with Crippen molar-refractivity contribution in [1.29, 1.82) is 0 Å². The summed E-state index contributed by atoms with van der Waals surface area (Å²) in [5, 5.41) is 15.3. The zero-order valence-corrected chi connectivity index (χ0v) is 13.5. The zero-order valence-electron chi connectivity index (χ0n) is 11.9. The van der Waals surface area contributed by atoms with Crippen LogP contribution in [0.3, 0.4) is 0 Å². The van der Waals surface area contributed by atoms with Crippen molar-refractivity contribution in [2.45, 2.75) is 26.2 Å². The lowest BCUT2D eigenvalue weighted by atomic mass is 9.81. The van der Waals surface area contributed by atoms with Crippen molar-refractivity contribution < 1.29 is 14.7 Å². The summed E-state index contributed by atoms with van der Waals surface area (Å²) in [6.07, 6.45) is 2.49. The first kappa shape index (κ1) is 16.0. The van der Waals surface area contributed by atoms with Gasteiger partial charge in [-0.25, -0.2) is 4.79 Å². The molecule has 1 saturated heterocycles. The molecule has 2 rings (SSSR count). The van der Waals surface area contributed by atoms with Crippen LogP contribution in [0.2, 0.25) is 0 Å². The van der Waals surface area contributed by atoms with E-state index < -0.39 is 11.4 Å². The summed E-state index contributed by atoms with van der Waals surface area (Å²) in [5.41, 5.74) is 0.000683. The molecule has 0 saturated carbocycles. The maximum absolute atomic E-state index is 12.7. The molecule has 0 spiro atoms. The number of nitrogens with one attached hydrogen (secondary N) is 2. The first-order valence-electron chi connectivity index (χ1n) is 7.03. The van der Waals surface area contributed by atoms with E-state index in [1.165, 1.54) is 6.07 Å². The third-order valence-corrected chi connectivity index (χ3v) is 4.41. The van der Waals surface area contributed by atoms with Gasteiger partial charge in [-0.15, -0.1) is 0 Å². The number of hydrogen-bond acceptors (Lipinski definition) is 3. The maximum Gasteiger partial charge on any atom is 0.337 e. The minimum absolute atomic E-state index is 0.101. The first-order valence-corrected chi connectivity index (χ1v) is 7.83.